The largest absolute Gasteiger partial charge is 0.489 e. The summed E-state index contributed by atoms with van der Waals surface area (Å²) < 4.78 is 10.5. The highest BCUT2D eigenvalue weighted by atomic mass is 35.5. The summed E-state index contributed by atoms with van der Waals surface area (Å²) >= 11 is 6.07. The normalized spacial score (nSPS) is 13.7. The van der Waals surface area contributed by atoms with Crippen molar-refractivity contribution >= 4 is 40.8 Å². The summed E-state index contributed by atoms with van der Waals surface area (Å²) in [6.07, 6.45) is 1.83. The van der Waals surface area contributed by atoms with Crippen LogP contribution < -0.4 is 10.1 Å². The van der Waals surface area contributed by atoms with E-state index in [2.05, 4.69) is 10.1 Å². The Kier molecular flexibility index (Phi) is 5.55. The minimum absolute atomic E-state index is 0.150. The van der Waals surface area contributed by atoms with Crippen LogP contribution in [0.3, 0.4) is 0 Å². The number of anilines is 1. The fourth-order valence-electron chi connectivity index (χ4n) is 3.15. The van der Waals surface area contributed by atoms with E-state index < -0.39 is 0 Å². The van der Waals surface area contributed by atoms with Gasteiger partial charge in [0.15, 0.2) is 0 Å². The molecule has 0 spiro atoms. The molecular weight excluding hydrogens is 402 g/mol. The van der Waals surface area contributed by atoms with Crippen molar-refractivity contribution in [1.29, 1.82) is 0 Å². The zero-order chi connectivity index (χ0) is 21.1. The number of carbonyl (C=O) groups excluding carboxylic acids is 2. The van der Waals surface area contributed by atoms with Gasteiger partial charge in [0.05, 0.1) is 12.7 Å². The molecule has 1 N–H and O–H groups in total. The molecule has 0 atom stereocenters. The van der Waals surface area contributed by atoms with Crippen molar-refractivity contribution in [3.8, 4) is 5.75 Å². The predicted molar refractivity (Wildman–Crippen MR) is 117 cm³/mol. The van der Waals surface area contributed by atoms with E-state index in [1.807, 2.05) is 42.5 Å². The number of benzene rings is 3. The van der Waals surface area contributed by atoms with Crippen molar-refractivity contribution in [2.45, 2.75) is 6.61 Å². The number of hydrogen-bond acceptors (Lipinski definition) is 4. The lowest BCUT2D eigenvalue weighted by Crippen LogP contribution is -2.03. The van der Waals surface area contributed by atoms with Gasteiger partial charge in [0.2, 0.25) is 0 Å². The van der Waals surface area contributed by atoms with Gasteiger partial charge in [-0.15, -0.1) is 0 Å². The SMILES string of the molecule is COC(=O)c1ccc(COc2ccc(C=C3C(=O)Nc4ccc(Cl)cc43)cc2)cc1. The average molecular weight is 420 g/mol. The Morgan fingerprint density at radius 1 is 1.03 bits per heavy atom. The first kappa shape index (κ1) is 19.7. The number of esters is 1. The van der Waals surface area contributed by atoms with Crippen LogP contribution in [0, 0.1) is 0 Å². The van der Waals surface area contributed by atoms with Crippen LogP contribution in [0.15, 0.2) is 66.7 Å². The molecule has 1 aliphatic rings. The Labute approximate surface area is 178 Å². The molecule has 1 heterocycles. The number of nitrogens with one attached hydrogen (secondary N) is 1. The zero-order valence-corrected chi connectivity index (χ0v) is 16.9. The Morgan fingerprint density at radius 2 is 1.77 bits per heavy atom. The van der Waals surface area contributed by atoms with E-state index in [1.54, 1.807) is 30.3 Å². The van der Waals surface area contributed by atoms with E-state index in [0.29, 0.717) is 28.5 Å². The minimum Gasteiger partial charge on any atom is -0.489 e. The molecule has 1 aliphatic heterocycles. The van der Waals surface area contributed by atoms with Gasteiger partial charge in [-0.2, -0.15) is 0 Å². The smallest absolute Gasteiger partial charge is 0.337 e. The van der Waals surface area contributed by atoms with E-state index in [4.69, 9.17) is 16.3 Å². The molecule has 5 nitrogen and oxygen atoms in total. The summed E-state index contributed by atoms with van der Waals surface area (Å²) in [4.78, 5) is 23.8. The molecule has 1 amide bonds. The van der Waals surface area contributed by atoms with Crippen molar-refractivity contribution in [2.24, 2.45) is 0 Å². The molecular formula is C24H18ClNO4. The number of fused-ring (bicyclic) bond motifs is 1. The van der Waals surface area contributed by atoms with Gasteiger partial charge in [-0.1, -0.05) is 35.9 Å². The highest BCUT2D eigenvalue weighted by Crippen LogP contribution is 2.35. The van der Waals surface area contributed by atoms with E-state index in [0.717, 1.165) is 22.4 Å². The summed E-state index contributed by atoms with van der Waals surface area (Å²) in [5, 5.41) is 3.42. The van der Waals surface area contributed by atoms with Gasteiger partial charge in [0.25, 0.3) is 5.91 Å². The third-order valence-corrected chi connectivity index (χ3v) is 4.97. The molecule has 0 saturated carbocycles. The second-order valence-corrected chi connectivity index (χ2v) is 7.18. The Bertz CT molecular complexity index is 1130. The molecule has 0 radical (unpaired) electrons. The standard InChI is InChI=1S/C24H18ClNO4/c1-29-24(28)17-6-2-16(3-7-17)14-30-19-9-4-15(5-10-19)12-21-20-13-18(25)8-11-22(20)26-23(21)27/h2-13H,14H2,1H3,(H,26,27). The van der Waals surface area contributed by atoms with E-state index in [9.17, 15) is 9.59 Å². The maximum atomic E-state index is 12.3. The number of halogens is 1. The molecule has 4 rings (SSSR count). The van der Waals surface area contributed by atoms with Crippen LogP contribution in [0.4, 0.5) is 5.69 Å². The first-order valence-electron chi connectivity index (χ1n) is 9.26. The van der Waals surface area contributed by atoms with Crippen LogP contribution >= 0.6 is 11.6 Å². The molecule has 0 aromatic heterocycles. The Hall–Kier alpha value is -3.57. The van der Waals surface area contributed by atoms with Crippen LogP contribution in [-0.2, 0) is 16.1 Å². The lowest BCUT2D eigenvalue weighted by atomic mass is 10.0. The summed E-state index contributed by atoms with van der Waals surface area (Å²) in [7, 11) is 1.35. The quantitative estimate of drug-likeness (QED) is 0.456. The van der Waals surface area contributed by atoms with Gasteiger partial charge < -0.3 is 14.8 Å². The molecule has 6 heteroatoms. The topological polar surface area (TPSA) is 64.6 Å². The predicted octanol–water partition coefficient (Wildman–Crippen LogP) is 5.20. The molecule has 3 aromatic carbocycles. The van der Waals surface area contributed by atoms with Crippen LogP contribution in [0.25, 0.3) is 11.6 Å². The summed E-state index contributed by atoms with van der Waals surface area (Å²) in [6.45, 7) is 0.371. The highest BCUT2D eigenvalue weighted by molar-refractivity contribution is 6.36. The van der Waals surface area contributed by atoms with Crippen molar-refractivity contribution in [2.75, 3.05) is 12.4 Å². The second kappa shape index (κ2) is 8.43. The maximum absolute atomic E-state index is 12.3. The molecule has 150 valence electrons. The zero-order valence-electron chi connectivity index (χ0n) is 16.1. The van der Waals surface area contributed by atoms with Crippen molar-refractivity contribution in [3.63, 3.8) is 0 Å². The molecule has 0 aliphatic carbocycles. The Balaban J connectivity index is 1.44. The maximum Gasteiger partial charge on any atom is 0.337 e. The number of methoxy groups -OCH3 is 1. The van der Waals surface area contributed by atoms with Gasteiger partial charge in [0.1, 0.15) is 12.4 Å². The number of rotatable bonds is 5. The van der Waals surface area contributed by atoms with Crippen LogP contribution in [0.2, 0.25) is 5.02 Å². The van der Waals surface area contributed by atoms with Gasteiger partial charge in [-0.25, -0.2) is 4.79 Å². The fourth-order valence-corrected chi connectivity index (χ4v) is 3.32. The van der Waals surface area contributed by atoms with Crippen molar-refractivity contribution in [3.05, 3.63) is 94.0 Å². The molecule has 0 unspecified atom stereocenters. The van der Waals surface area contributed by atoms with E-state index in [1.165, 1.54) is 7.11 Å². The molecule has 0 fully saturated rings. The van der Waals surface area contributed by atoms with Crippen LogP contribution in [-0.4, -0.2) is 19.0 Å². The van der Waals surface area contributed by atoms with E-state index >= 15 is 0 Å². The number of hydrogen-bond donors (Lipinski definition) is 1. The van der Waals surface area contributed by atoms with Gasteiger partial charge >= 0.3 is 5.97 Å². The summed E-state index contributed by atoms with van der Waals surface area (Å²) in [5.41, 5.74) is 4.44. The highest BCUT2D eigenvalue weighted by Gasteiger charge is 2.24. The van der Waals surface area contributed by atoms with Gasteiger partial charge in [-0.05, 0) is 59.7 Å². The molecule has 30 heavy (non-hydrogen) atoms. The van der Waals surface area contributed by atoms with Crippen molar-refractivity contribution in [1.82, 2.24) is 0 Å². The van der Waals surface area contributed by atoms with Gasteiger partial charge in [-0.3, -0.25) is 4.79 Å². The first-order valence-corrected chi connectivity index (χ1v) is 9.64. The third kappa shape index (κ3) is 4.21. The van der Waals surface area contributed by atoms with Gasteiger partial charge in [0, 0.05) is 21.8 Å². The first-order chi connectivity index (χ1) is 14.5. The summed E-state index contributed by atoms with van der Waals surface area (Å²) in [5.74, 6) is 0.185. The summed E-state index contributed by atoms with van der Waals surface area (Å²) in [6, 6.07) is 19.9. The minimum atomic E-state index is -0.368. The lowest BCUT2D eigenvalue weighted by Gasteiger charge is -2.07. The number of amides is 1. The number of carbonyl (C=O) groups is 2. The Morgan fingerprint density at radius 3 is 2.47 bits per heavy atom. The molecule has 0 saturated heterocycles. The average Bonchev–Trinajstić information content (AvgIpc) is 3.07. The second-order valence-electron chi connectivity index (χ2n) is 6.75. The lowest BCUT2D eigenvalue weighted by molar-refractivity contribution is -0.110. The number of ether oxygens (including phenoxy) is 2. The fraction of sp³-hybridized carbons (Fsp3) is 0.0833. The third-order valence-electron chi connectivity index (χ3n) is 4.74. The van der Waals surface area contributed by atoms with Crippen LogP contribution in [0.1, 0.15) is 27.0 Å². The van der Waals surface area contributed by atoms with Crippen LogP contribution in [0.5, 0.6) is 5.75 Å². The van der Waals surface area contributed by atoms with Crippen molar-refractivity contribution < 1.29 is 19.1 Å². The van der Waals surface area contributed by atoms with E-state index in [-0.39, 0.29) is 11.9 Å². The monoisotopic (exact) mass is 419 g/mol. The molecule has 0 bridgehead atoms. The molecule has 3 aromatic rings.